The second kappa shape index (κ2) is 7.59. The molecule has 1 N–H and O–H groups in total. The summed E-state index contributed by atoms with van der Waals surface area (Å²) in [5.74, 6) is -0.200. The molecule has 0 fully saturated rings. The number of benzene rings is 1. The third kappa shape index (κ3) is 4.16. The Labute approximate surface area is 129 Å². The fraction of sp³-hybridized carbons (Fsp3) is 0.250. The Balaban J connectivity index is 1.96. The highest BCUT2D eigenvalue weighted by atomic mass is 32.1. The molecule has 5 heteroatoms. The molecule has 0 aliphatic rings. The number of rotatable bonds is 6. The maximum absolute atomic E-state index is 12.0. The average molecular weight is 301 g/mol. The molecule has 0 radical (unpaired) electrons. The molecule has 1 aromatic carbocycles. The van der Waals surface area contributed by atoms with Crippen LogP contribution >= 0.6 is 11.3 Å². The van der Waals surface area contributed by atoms with Crippen molar-refractivity contribution in [2.45, 2.75) is 13.8 Å². The number of hydrogen-bond acceptors (Lipinski definition) is 4. The summed E-state index contributed by atoms with van der Waals surface area (Å²) in [5, 5.41) is 5.92. The normalized spacial score (nSPS) is 10.8. The summed E-state index contributed by atoms with van der Waals surface area (Å²) in [7, 11) is 0. The summed E-state index contributed by atoms with van der Waals surface area (Å²) >= 11 is 1.57. The molecule has 1 heterocycles. The van der Waals surface area contributed by atoms with Gasteiger partial charge in [0.05, 0.1) is 6.21 Å². The third-order valence-corrected chi connectivity index (χ3v) is 3.97. The van der Waals surface area contributed by atoms with Crippen molar-refractivity contribution >= 4 is 29.1 Å². The molecule has 0 saturated carbocycles. The largest absolute Gasteiger partial charge is 0.372 e. The SMILES string of the molecule is CCN(CC)c1ccc(C(=O)N/N=C/c2cccs2)cc1. The van der Waals surface area contributed by atoms with Crippen LogP contribution in [0.4, 0.5) is 5.69 Å². The van der Waals surface area contributed by atoms with E-state index in [9.17, 15) is 4.79 Å². The van der Waals surface area contributed by atoms with Gasteiger partial charge in [-0.25, -0.2) is 5.43 Å². The number of anilines is 1. The molecule has 4 nitrogen and oxygen atoms in total. The minimum absolute atomic E-state index is 0.200. The van der Waals surface area contributed by atoms with Crippen molar-refractivity contribution < 1.29 is 4.79 Å². The van der Waals surface area contributed by atoms with E-state index in [-0.39, 0.29) is 5.91 Å². The molecule has 0 aliphatic heterocycles. The first kappa shape index (κ1) is 15.3. The van der Waals surface area contributed by atoms with E-state index < -0.39 is 0 Å². The van der Waals surface area contributed by atoms with E-state index in [4.69, 9.17) is 0 Å². The van der Waals surface area contributed by atoms with Gasteiger partial charge in [0.1, 0.15) is 0 Å². The summed E-state index contributed by atoms with van der Waals surface area (Å²) < 4.78 is 0. The van der Waals surface area contributed by atoms with Gasteiger partial charge < -0.3 is 4.90 Å². The molecular formula is C16H19N3OS. The first-order chi connectivity index (χ1) is 10.2. The molecule has 0 unspecified atom stereocenters. The predicted molar refractivity (Wildman–Crippen MR) is 89.4 cm³/mol. The maximum Gasteiger partial charge on any atom is 0.271 e. The van der Waals surface area contributed by atoms with Gasteiger partial charge in [0, 0.05) is 29.2 Å². The first-order valence-electron chi connectivity index (χ1n) is 6.96. The van der Waals surface area contributed by atoms with E-state index in [0.29, 0.717) is 5.56 Å². The van der Waals surface area contributed by atoms with Gasteiger partial charge in [-0.05, 0) is 49.6 Å². The number of hydrazone groups is 1. The minimum Gasteiger partial charge on any atom is -0.372 e. The van der Waals surface area contributed by atoms with Gasteiger partial charge in [-0.3, -0.25) is 4.79 Å². The number of carbonyl (C=O) groups is 1. The highest BCUT2D eigenvalue weighted by molar-refractivity contribution is 7.11. The van der Waals surface area contributed by atoms with Crippen molar-refractivity contribution in [2.24, 2.45) is 5.10 Å². The summed E-state index contributed by atoms with van der Waals surface area (Å²) in [4.78, 5) is 15.2. The fourth-order valence-corrected chi connectivity index (χ4v) is 2.58. The van der Waals surface area contributed by atoms with E-state index in [1.54, 1.807) is 17.6 Å². The van der Waals surface area contributed by atoms with Crippen LogP contribution in [0.3, 0.4) is 0 Å². The van der Waals surface area contributed by atoms with Gasteiger partial charge >= 0.3 is 0 Å². The van der Waals surface area contributed by atoms with Crippen molar-refractivity contribution in [1.82, 2.24) is 5.43 Å². The lowest BCUT2D eigenvalue weighted by molar-refractivity contribution is 0.0955. The summed E-state index contributed by atoms with van der Waals surface area (Å²) in [6, 6.07) is 11.5. The molecule has 2 rings (SSSR count). The lowest BCUT2D eigenvalue weighted by Gasteiger charge is -2.20. The molecule has 0 saturated heterocycles. The molecule has 0 bridgehead atoms. The molecule has 110 valence electrons. The Morgan fingerprint density at radius 1 is 1.24 bits per heavy atom. The minimum atomic E-state index is -0.200. The van der Waals surface area contributed by atoms with Crippen molar-refractivity contribution in [2.75, 3.05) is 18.0 Å². The van der Waals surface area contributed by atoms with Crippen LogP contribution in [0.2, 0.25) is 0 Å². The number of nitrogens with zero attached hydrogens (tertiary/aromatic N) is 2. The van der Waals surface area contributed by atoms with Crippen molar-refractivity contribution in [3.05, 3.63) is 52.2 Å². The van der Waals surface area contributed by atoms with Crippen LogP contribution in [0.5, 0.6) is 0 Å². The Morgan fingerprint density at radius 3 is 2.52 bits per heavy atom. The first-order valence-corrected chi connectivity index (χ1v) is 7.84. The Hall–Kier alpha value is -2.14. The van der Waals surface area contributed by atoms with Gasteiger partial charge in [-0.15, -0.1) is 11.3 Å². The zero-order valence-electron chi connectivity index (χ0n) is 12.2. The Kier molecular flexibility index (Phi) is 5.51. The zero-order valence-corrected chi connectivity index (χ0v) is 13.1. The van der Waals surface area contributed by atoms with Crippen LogP contribution in [0.25, 0.3) is 0 Å². The molecule has 1 aromatic heterocycles. The topological polar surface area (TPSA) is 44.7 Å². The number of carbonyl (C=O) groups excluding carboxylic acids is 1. The van der Waals surface area contributed by atoms with Crippen LogP contribution < -0.4 is 10.3 Å². The van der Waals surface area contributed by atoms with E-state index in [1.807, 2.05) is 41.8 Å². The van der Waals surface area contributed by atoms with Crippen LogP contribution in [0.15, 0.2) is 46.9 Å². The van der Waals surface area contributed by atoms with Crippen molar-refractivity contribution in [3.63, 3.8) is 0 Å². The summed E-state index contributed by atoms with van der Waals surface area (Å²) in [6.45, 7) is 6.13. The molecule has 1 amide bonds. The maximum atomic E-state index is 12.0. The average Bonchev–Trinajstić information content (AvgIpc) is 3.02. The lowest BCUT2D eigenvalue weighted by atomic mass is 10.2. The number of hydrogen-bond donors (Lipinski definition) is 1. The Bertz CT molecular complexity index is 586. The highest BCUT2D eigenvalue weighted by Gasteiger charge is 2.06. The van der Waals surface area contributed by atoms with E-state index in [0.717, 1.165) is 23.7 Å². The second-order valence-corrected chi connectivity index (χ2v) is 5.41. The molecular weight excluding hydrogens is 282 g/mol. The van der Waals surface area contributed by atoms with E-state index in [1.165, 1.54) is 0 Å². The quantitative estimate of drug-likeness (QED) is 0.657. The molecule has 0 atom stereocenters. The number of amides is 1. The van der Waals surface area contributed by atoms with Gasteiger partial charge in [-0.1, -0.05) is 6.07 Å². The van der Waals surface area contributed by atoms with Gasteiger partial charge in [-0.2, -0.15) is 5.10 Å². The van der Waals surface area contributed by atoms with E-state index >= 15 is 0 Å². The summed E-state index contributed by atoms with van der Waals surface area (Å²) in [6.07, 6.45) is 1.65. The predicted octanol–water partition coefficient (Wildman–Crippen LogP) is 3.36. The van der Waals surface area contributed by atoms with Crippen molar-refractivity contribution in [1.29, 1.82) is 0 Å². The molecule has 0 spiro atoms. The standard InChI is InChI=1S/C16H19N3OS/c1-3-19(4-2)14-9-7-13(8-10-14)16(20)18-17-12-15-6-5-11-21-15/h5-12H,3-4H2,1-2H3,(H,18,20)/b17-12+. The van der Waals surface area contributed by atoms with Crippen molar-refractivity contribution in [3.8, 4) is 0 Å². The second-order valence-electron chi connectivity index (χ2n) is 4.43. The van der Waals surface area contributed by atoms with Crippen LogP contribution in [-0.4, -0.2) is 25.2 Å². The highest BCUT2D eigenvalue weighted by Crippen LogP contribution is 2.14. The monoisotopic (exact) mass is 301 g/mol. The third-order valence-electron chi connectivity index (χ3n) is 3.16. The van der Waals surface area contributed by atoms with Crippen LogP contribution in [0.1, 0.15) is 29.1 Å². The van der Waals surface area contributed by atoms with E-state index in [2.05, 4.69) is 29.3 Å². The fourth-order valence-electron chi connectivity index (χ4n) is 2.00. The molecule has 0 aliphatic carbocycles. The summed E-state index contributed by atoms with van der Waals surface area (Å²) in [5.41, 5.74) is 4.27. The molecule has 21 heavy (non-hydrogen) atoms. The smallest absolute Gasteiger partial charge is 0.271 e. The Morgan fingerprint density at radius 2 is 1.95 bits per heavy atom. The number of nitrogens with one attached hydrogen (secondary N) is 1. The zero-order chi connectivity index (χ0) is 15.1. The number of thiophene rings is 1. The molecule has 2 aromatic rings. The van der Waals surface area contributed by atoms with Crippen LogP contribution in [0, 0.1) is 0 Å². The lowest BCUT2D eigenvalue weighted by Crippen LogP contribution is -2.22. The van der Waals surface area contributed by atoms with Crippen LogP contribution in [-0.2, 0) is 0 Å². The van der Waals surface area contributed by atoms with Gasteiger partial charge in [0.2, 0.25) is 0 Å². The van der Waals surface area contributed by atoms with Gasteiger partial charge in [0.25, 0.3) is 5.91 Å². The van der Waals surface area contributed by atoms with Gasteiger partial charge in [0.15, 0.2) is 0 Å².